The highest BCUT2D eigenvalue weighted by Crippen LogP contribution is 2.14. The maximum absolute atomic E-state index is 5.64. The second kappa shape index (κ2) is 5.71. The van der Waals surface area contributed by atoms with Crippen molar-refractivity contribution in [3.63, 3.8) is 0 Å². The molecule has 1 aromatic carbocycles. The third-order valence-corrected chi connectivity index (χ3v) is 3.63. The zero-order valence-corrected chi connectivity index (χ0v) is 11.5. The van der Waals surface area contributed by atoms with Gasteiger partial charge >= 0.3 is 0 Å². The summed E-state index contributed by atoms with van der Waals surface area (Å²) in [4.78, 5) is 5.56. The van der Waals surface area contributed by atoms with Gasteiger partial charge in [-0.2, -0.15) is 4.98 Å². The molecule has 0 aliphatic rings. The van der Waals surface area contributed by atoms with Crippen LogP contribution < -0.4 is 5.73 Å². The summed E-state index contributed by atoms with van der Waals surface area (Å²) in [7, 11) is 0. The maximum Gasteiger partial charge on any atom is 0.250 e. The first kappa shape index (κ1) is 12.6. The molecule has 100 valence electrons. The fraction of sp³-hybridized carbons (Fsp3) is 0.0667. The number of benzene rings is 1. The van der Waals surface area contributed by atoms with Gasteiger partial charge < -0.3 is 10.3 Å². The van der Waals surface area contributed by atoms with Gasteiger partial charge in [-0.15, -0.1) is 11.3 Å². The first-order valence-electron chi connectivity index (χ1n) is 6.18. The van der Waals surface area contributed by atoms with E-state index < -0.39 is 0 Å². The molecule has 0 saturated heterocycles. The minimum atomic E-state index is 0.508. The molecular weight excluding hydrogens is 270 g/mol. The first-order chi connectivity index (χ1) is 9.79. The Morgan fingerprint density at radius 2 is 2.00 bits per heavy atom. The van der Waals surface area contributed by atoms with Gasteiger partial charge in [0, 0.05) is 23.1 Å². The molecule has 2 N–H and O–H groups in total. The predicted octanol–water partition coefficient (Wildman–Crippen LogP) is 3.47. The lowest BCUT2D eigenvalue weighted by Gasteiger charge is -1.93. The number of nitrogens with zero attached hydrogens (tertiary/aromatic N) is 2. The lowest BCUT2D eigenvalue weighted by molar-refractivity contribution is 0.404. The van der Waals surface area contributed by atoms with Crippen molar-refractivity contribution in [3.05, 3.63) is 63.9 Å². The van der Waals surface area contributed by atoms with Gasteiger partial charge in [0.25, 0.3) is 5.89 Å². The number of hydrogen-bond acceptors (Lipinski definition) is 5. The summed E-state index contributed by atoms with van der Waals surface area (Å²) in [6, 6.07) is 11.7. The third-order valence-electron chi connectivity index (χ3n) is 2.75. The molecule has 0 amide bonds. The van der Waals surface area contributed by atoms with Crippen LogP contribution in [-0.4, -0.2) is 10.1 Å². The molecule has 2 heterocycles. The highest BCUT2D eigenvalue weighted by atomic mass is 32.1. The second-order valence-corrected chi connectivity index (χ2v) is 5.34. The van der Waals surface area contributed by atoms with Gasteiger partial charge in [-0.3, -0.25) is 0 Å². The molecule has 0 fully saturated rings. The molecule has 20 heavy (non-hydrogen) atoms. The Balaban J connectivity index is 1.69. The molecular formula is C15H13N3OS. The van der Waals surface area contributed by atoms with Crippen molar-refractivity contribution in [2.45, 2.75) is 6.42 Å². The van der Waals surface area contributed by atoms with Gasteiger partial charge in [0.05, 0.1) is 0 Å². The predicted molar refractivity (Wildman–Crippen MR) is 81.2 cm³/mol. The monoisotopic (exact) mass is 283 g/mol. The minimum Gasteiger partial charge on any atom is -0.399 e. The van der Waals surface area contributed by atoms with Crippen molar-refractivity contribution >= 4 is 29.2 Å². The highest BCUT2D eigenvalue weighted by molar-refractivity contribution is 7.09. The van der Waals surface area contributed by atoms with Crippen LogP contribution in [0.25, 0.3) is 12.2 Å². The third kappa shape index (κ3) is 3.13. The van der Waals surface area contributed by atoms with Gasteiger partial charge in [0.2, 0.25) is 0 Å². The van der Waals surface area contributed by atoms with Gasteiger partial charge in [0.15, 0.2) is 5.82 Å². The Bertz CT molecular complexity index is 699. The fourth-order valence-electron chi connectivity index (χ4n) is 1.75. The van der Waals surface area contributed by atoms with E-state index in [1.807, 2.05) is 41.8 Å². The van der Waals surface area contributed by atoms with E-state index in [4.69, 9.17) is 10.3 Å². The van der Waals surface area contributed by atoms with Crippen LogP contribution >= 0.6 is 11.3 Å². The molecule has 0 spiro atoms. The summed E-state index contributed by atoms with van der Waals surface area (Å²) < 4.78 is 5.19. The van der Waals surface area contributed by atoms with Gasteiger partial charge in [-0.1, -0.05) is 23.4 Å². The summed E-state index contributed by atoms with van der Waals surface area (Å²) in [5, 5.41) is 6.01. The fourth-order valence-corrected chi connectivity index (χ4v) is 2.45. The average molecular weight is 283 g/mol. The highest BCUT2D eigenvalue weighted by Gasteiger charge is 2.05. The minimum absolute atomic E-state index is 0.508. The summed E-state index contributed by atoms with van der Waals surface area (Å²) in [5.41, 5.74) is 7.43. The van der Waals surface area contributed by atoms with Gasteiger partial charge in [-0.05, 0) is 35.2 Å². The molecule has 4 nitrogen and oxygen atoms in total. The van der Waals surface area contributed by atoms with E-state index in [0.29, 0.717) is 18.1 Å². The van der Waals surface area contributed by atoms with E-state index in [-0.39, 0.29) is 0 Å². The smallest absolute Gasteiger partial charge is 0.250 e. The summed E-state index contributed by atoms with van der Waals surface area (Å²) in [5.74, 6) is 1.21. The number of hydrogen-bond donors (Lipinski definition) is 1. The molecule has 0 bridgehead atoms. The van der Waals surface area contributed by atoms with Crippen molar-refractivity contribution in [3.8, 4) is 0 Å². The standard InChI is InChI=1S/C15H13N3OS/c16-12-6-3-11(4-7-12)5-8-15-17-14(18-19-15)10-13-2-1-9-20-13/h1-9H,10,16H2/b8-5+. The van der Waals surface area contributed by atoms with Gasteiger partial charge in [-0.25, -0.2) is 0 Å². The molecule has 0 atom stereocenters. The maximum atomic E-state index is 5.64. The Morgan fingerprint density at radius 1 is 1.15 bits per heavy atom. The molecule has 0 aliphatic carbocycles. The molecule has 3 rings (SSSR count). The average Bonchev–Trinajstić information content (AvgIpc) is 3.11. The number of thiophene rings is 1. The topological polar surface area (TPSA) is 64.9 Å². The Hall–Kier alpha value is -2.40. The van der Waals surface area contributed by atoms with E-state index >= 15 is 0 Å². The van der Waals surface area contributed by atoms with Crippen molar-refractivity contribution in [2.75, 3.05) is 5.73 Å². The molecule has 2 aromatic heterocycles. The van der Waals surface area contributed by atoms with E-state index in [1.54, 1.807) is 17.4 Å². The number of anilines is 1. The van der Waals surface area contributed by atoms with Crippen molar-refractivity contribution in [2.24, 2.45) is 0 Å². The van der Waals surface area contributed by atoms with Crippen LogP contribution in [0.2, 0.25) is 0 Å². The number of nitrogens with two attached hydrogens (primary N) is 1. The normalized spacial score (nSPS) is 11.2. The summed E-state index contributed by atoms with van der Waals surface area (Å²) >= 11 is 1.69. The first-order valence-corrected chi connectivity index (χ1v) is 7.06. The quantitative estimate of drug-likeness (QED) is 0.744. The number of rotatable bonds is 4. The molecule has 5 heteroatoms. The van der Waals surface area contributed by atoms with E-state index in [2.05, 4.69) is 16.2 Å². The molecule has 0 unspecified atom stereocenters. The lowest BCUT2D eigenvalue weighted by atomic mass is 10.2. The molecule has 3 aromatic rings. The largest absolute Gasteiger partial charge is 0.399 e. The Kier molecular flexibility index (Phi) is 3.60. The zero-order chi connectivity index (χ0) is 13.8. The van der Waals surface area contributed by atoms with Crippen molar-refractivity contribution in [1.29, 1.82) is 0 Å². The molecule has 0 saturated carbocycles. The van der Waals surface area contributed by atoms with Crippen LogP contribution in [0.5, 0.6) is 0 Å². The molecule has 0 radical (unpaired) electrons. The number of nitrogen functional groups attached to an aromatic ring is 1. The van der Waals surface area contributed by atoms with Crippen molar-refractivity contribution in [1.82, 2.24) is 10.1 Å². The lowest BCUT2D eigenvalue weighted by Crippen LogP contribution is -1.87. The Labute approximate surface area is 120 Å². The second-order valence-electron chi connectivity index (χ2n) is 4.30. The van der Waals surface area contributed by atoms with E-state index in [1.165, 1.54) is 4.88 Å². The summed E-state index contributed by atoms with van der Waals surface area (Å²) in [6.45, 7) is 0. The van der Waals surface area contributed by atoms with Crippen LogP contribution in [0.15, 0.2) is 46.3 Å². The zero-order valence-electron chi connectivity index (χ0n) is 10.7. The van der Waals surface area contributed by atoms with Crippen LogP contribution in [0.1, 0.15) is 22.2 Å². The number of aromatic nitrogens is 2. The van der Waals surface area contributed by atoms with Crippen molar-refractivity contribution < 1.29 is 4.52 Å². The van der Waals surface area contributed by atoms with Crippen LogP contribution in [-0.2, 0) is 6.42 Å². The van der Waals surface area contributed by atoms with Crippen LogP contribution in [0.3, 0.4) is 0 Å². The van der Waals surface area contributed by atoms with E-state index in [0.717, 1.165) is 11.3 Å². The SMILES string of the molecule is Nc1ccc(/C=C/c2nc(Cc3cccs3)no2)cc1. The van der Waals surface area contributed by atoms with Crippen LogP contribution in [0.4, 0.5) is 5.69 Å². The van der Waals surface area contributed by atoms with Gasteiger partial charge in [0.1, 0.15) is 0 Å². The Morgan fingerprint density at radius 3 is 2.75 bits per heavy atom. The van der Waals surface area contributed by atoms with Crippen LogP contribution in [0, 0.1) is 0 Å². The van der Waals surface area contributed by atoms with E-state index in [9.17, 15) is 0 Å². The summed E-state index contributed by atoms with van der Waals surface area (Å²) in [6.07, 6.45) is 4.43. The molecule has 0 aliphatic heterocycles.